The number of fused-ring (bicyclic) bond motifs is 3. The number of benzene rings is 4. The summed E-state index contributed by atoms with van der Waals surface area (Å²) in [4.78, 5) is 0. The van der Waals surface area contributed by atoms with E-state index in [-0.39, 0.29) is 19.8 Å². The summed E-state index contributed by atoms with van der Waals surface area (Å²) in [7, 11) is 6.58. The molecule has 39 nitrogen and oxygen atoms in total. The number of hydrogen-bond donors (Lipinski definition) is 0. The zero-order valence-electron chi connectivity index (χ0n) is 87.0. The average molecular weight is 2050 g/mol. The highest BCUT2D eigenvalue weighted by Crippen LogP contribution is 2.54. The Morgan fingerprint density at radius 1 is 0.161 bits per heavy atom. The van der Waals surface area contributed by atoms with E-state index in [1.54, 1.807) is 28.4 Å². The second-order valence-corrected chi connectivity index (χ2v) is 31.7. The highest BCUT2D eigenvalue weighted by atomic mass is 16.6. The molecule has 0 amide bonds. The maximum Gasteiger partial charge on any atom is 0.123 e. The van der Waals surface area contributed by atoms with E-state index in [1.165, 1.54) is 27.8 Å². The fraction of sp³-hybridized carbons (Fsp3) is 0.769. The molecule has 0 fully saturated rings. The summed E-state index contributed by atoms with van der Waals surface area (Å²) in [6.07, 6.45) is 1.99. The molecule has 1 aliphatic carbocycles. The largest absolute Gasteiger partial charge is 0.491 e. The molecule has 0 saturated heterocycles. The molecule has 0 aliphatic heterocycles. The third-order valence-electron chi connectivity index (χ3n) is 20.6. The smallest absolute Gasteiger partial charge is 0.123 e. The Bertz CT molecular complexity index is 3330. The van der Waals surface area contributed by atoms with Gasteiger partial charge < -0.3 is 185 Å². The van der Waals surface area contributed by atoms with Crippen molar-refractivity contribution in [2.24, 2.45) is 0 Å². The quantitative estimate of drug-likeness (QED) is 0.0378. The lowest BCUT2D eigenvalue weighted by Crippen LogP contribution is -2.31. The lowest BCUT2D eigenvalue weighted by Gasteiger charge is -2.34. The van der Waals surface area contributed by atoms with Crippen molar-refractivity contribution in [1.29, 1.82) is 0 Å². The summed E-state index contributed by atoms with van der Waals surface area (Å²) in [6, 6.07) is 26.1. The monoisotopic (exact) mass is 2050 g/mol. The summed E-state index contributed by atoms with van der Waals surface area (Å²) in [5, 5.41) is 0. The second-order valence-electron chi connectivity index (χ2n) is 31.7. The first kappa shape index (κ1) is 128. The molecule has 0 heterocycles. The molecule has 4 aromatic rings. The Labute approximate surface area is 850 Å². The summed E-state index contributed by atoms with van der Waals surface area (Å²) in [6.45, 7) is 36.1. The third kappa shape index (κ3) is 71.9. The standard InChI is InChI=1S/C104H176O39/c1-7-93-9-11-101-100-10-8-92(2)82-102(100)104(103(101)87-93,90-94-83-96(140-78-74-112-19-15-108-6)88-97(84-94)141-79-75-137-71-68-134-65-62-131-59-56-128-53-50-125-47-44-122-41-38-119-35-32-116-29-26-113-23-20-109-16-12-105-3)91-95-85-98(142-80-76-138-72-69-135-66-63-132-60-57-129-54-51-126-48-45-123-42-39-120-36-33-117-30-27-114-24-21-110-17-13-106-4)89-99(86-95)143-81-77-139-73-70-136-67-64-133-61-58-130-55-52-127-49-46-124-43-40-121-37-34-118-31-28-115-25-22-111-18-14-107-5/h8-11,82-89H,7,12-81,90-91H2,1-6H3. The molecular weight excluding hydrogens is 1870 g/mol. The molecule has 0 radical (unpaired) electrons. The third-order valence-corrected chi connectivity index (χ3v) is 20.6. The lowest BCUT2D eigenvalue weighted by atomic mass is 9.69. The Balaban J connectivity index is 1.06. The van der Waals surface area contributed by atoms with Gasteiger partial charge in [-0.3, -0.25) is 0 Å². The van der Waals surface area contributed by atoms with E-state index >= 15 is 0 Å². The summed E-state index contributed by atoms with van der Waals surface area (Å²) < 4.78 is 221. The van der Waals surface area contributed by atoms with Crippen molar-refractivity contribution in [2.75, 3.05) is 491 Å². The van der Waals surface area contributed by atoms with Crippen LogP contribution in [0.1, 0.15) is 40.3 Å². The number of hydrogen-bond acceptors (Lipinski definition) is 39. The normalized spacial score (nSPS) is 12.9. The van der Waals surface area contributed by atoms with Gasteiger partial charge in [-0.1, -0.05) is 48.9 Å². The summed E-state index contributed by atoms with van der Waals surface area (Å²) >= 11 is 0. The van der Waals surface area contributed by atoms with Gasteiger partial charge in [-0.25, -0.2) is 0 Å². The van der Waals surface area contributed by atoms with Gasteiger partial charge in [-0.15, -0.1) is 0 Å². The molecule has 0 spiro atoms. The van der Waals surface area contributed by atoms with Crippen LogP contribution in [-0.2, 0) is 190 Å². The fourth-order valence-corrected chi connectivity index (χ4v) is 13.6. The summed E-state index contributed by atoms with van der Waals surface area (Å²) in [5.41, 5.74) is 8.59. The van der Waals surface area contributed by atoms with Crippen LogP contribution in [-0.4, -0.2) is 491 Å². The molecule has 1 aliphatic rings. The van der Waals surface area contributed by atoms with E-state index in [4.69, 9.17) is 185 Å². The van der Waals surface area contributed by atoms with Crippen molar-refractivity contribution < 1.29 is 185 Å². The minimum Gasteiger partial charge on any atom is -0.491 e. The predicted octanol–water partition coefficient (Wildman–Crippen LogP) is 7.92. The van der Waals surface area contributed by atoms with Gasteiger partial charge in [0.15, 0.2) is 0 Å². The molecular formula is C104H176O39. The van der Waals surface area contributed by atoms with E-state index in [0.29, 0.717) is 479 Å². The summed E-state index contributed by atoms with van der Waals surface area (Å²) in [5.74, 6) is 2.56. The molecule has 826 valence electrons. The van der Waals surface area contributed by atoms with Crippen LogP contribution in [0.25, 0.3) is 11.1 Å². The van der Waals surface area contributed by atoms with Crippen LogP contribution in [0.4, 0.5) is 0 Å². The molecule has 39 heteroatoms. The van der Waals surface area contributed by atoms with Crippen LogP contribution in [0.2, 0.25) is 0 Å². The number of rotatable bonds is 114. The minimum atomic E-state index is -0.621. The zero-order valence-corrected chi connectivity index (χ0v) is 87.0. The molecule has 1 atom stereocenters. The van der Waals surface area contributed by atoms with Crippen LogP contribution in [0.15, 0.2) is 72.8 Å². The predicted molar refractivity (Wildman–Crippen MR) is 532 cm³/mol. The van der Waals surface area contributed by atoms with Crippen molar-refractivity contribution in [3.05, 3.63) is 106 Å². The van der Waals surface area contributed by atoms with Crippen LogP contribution in [0.3, 0.4) is 0 Å². The van der Waals surface area contributed by atoms with Crippen molar-refractivity contribution in [3.63, 3.8) is 0 Å². The van der Waals surface area contributed by atoms with E-state index in [2.05, 4.69) is 74.5 Å². The fourth-order valence-electron chi connectivity index (χ4n) is 13.6. The first-order valence-corrected chi connectivity index (χ1v) is 50.8. The van der Waals surface area contributed by atoms with Gasteiger partial charge in [0, 0.05) is 46.0 Å². The van der Waals surface area contributed by atoms with Crippen molar-refractivity contribution in [1.82, 2.24) is 0 Å². The van der Waals surface area contributed by atoms with Crippen LogP contribution in [0, 0.1) is 6.92 Å². The number of ether oxygens (including phenoxy) is 39. The zero-order chi connectivity index (χ0) is 101. The Kier molecular flexibility index (Phi) is 87.3. The van der Waals surface area contributed by atoms with Crippen LogP contribution < -0.4 is 18.9 Å². The molecule has 4 aromatic carbocycles. The first-order valence-electron chi connectivity index (χ1n) is 50.8. The topological polar surface area (TPSA) is 360 Å². The van der Waals surface area contributed by atoms with Gasteiger partial charge in [0.25, 0.3) is 0 Å². The highest BCUT2D eigenvalue weighted by Gasteiger charge is 2.44. The van der Waals surface area contributed by atoms with Gasteiger partial charge in [0.2, 0.25) is 0 Å². The molecule has 0 N–H and O–H groups in total. The van der Waals surface area contributed by atoms with E-state index in [1.807, 2.05) is 12.1 Å². The number of aryl methyl sites for hydroxylation is 2. The van der Waals surface area contributed by atoms with Crippen LogP contribution in [0.5, 0.6) is 23.0 Å². The second kappa shape index (κ2) is 97.5. The van der Waals surface area contributed by atoms with Crippen molar-refractivity contribution >= 4 is 0 Å². The molecule has 143 heavy (non-hydrogen) atoms. The maximum absolute atomic E-state index is 6.59. The average Bonchev–Trinajstić information content (AvgIpc) is 1.56. The first-order chi connectivity index (χ1) is 70.9. The van der Waals surface area contributed by atoms with Crippen molar-refractivity contribution in [2.45, 2.75) is 38.5 Å². The molecule has 0 aromatic heterocycles. The Hall–Kier alpha value is -5.32. The SMILES string of the molecule is CCc1ccc2c(c1)C(Cc1cc(OCCOCCOC)cc(OCCOCCOCCOCCOCCOCCOCCOCCOCCOCCOCCOC)c1)(Cc1cc(OCCOCCOCCOCCOCCOCCOCCOCCOCCOCCOCCOC)cc(OCCOCCOCCOCCOCCOCCOCCOCCOCCOCCOCCOC)c1)c1cc(C)ccc1-2. The van der Waals surface area contributed by atoms with Gasteiger partial charge in [0.05, 0.1) is 436 Å². The Morgan fingerprint density at radius 2 is 0.315 bits per heavy atom. The van der Waals surface area contributed by atoms with Gasteiger partial charge in [-0.2, -0.15) is 0 Å². The molecule has 5 rings (SSSR count). The molecule has 1 unspecified atom stereocenters. The highest BCUT2D eigenvalue weighted by molar-refractivity contribution is 5.82. The van der Waals surface area contributed by atoms with Crippen molar-refractivity contribution in [3.8, 4) is 34.1 Å². The maximum atomic E-state index is 6.59. The minimum absolute atomic E-state index is 0.275. The van der Waals surface area contributed by atoms with Crippen LogP contribution >= 0.6 is 0 Å². The van der Waals surface area contributed by atoms with Gasteiger partial charge >= 0.3 is 0 Å². The van der Waals surface area contributed by atoms with Gasteiger partial charge in [0.1, 0.15) is 49.4 Å². The van der Waals surface area contributed by atoms with E-state index < -0.39 is 5.41 Å². The van der Waals surface area contributed by atoms with Gasteiger partial charge in [-0.05, 0) is 89.4 Å². The lowest BCUT2D eigenvalue weighted by molar-refractivity contribution is -0.0273. The molecule has 0 bridgehead atoms. The number of methoxy groups -OCH3 is 4. The van der Waals surface area contributed by atoms with E-state index in [9.17, 15) is 0 Å². The Morgan fingerprint density at radius 3 is 0.483 bits per heavy atom. The molecule has 0 saturated carbocycles. The van der Waals surface area contributed by atoms with E-state index in [0.717, 1.165) is 23.1 Å².